The summed E-state index contributed by atoms with van der Waals surface area (Å²) in [5, 5.41) is 8.34. The minimum absolute atomic E-state index is 0.340. The van der Waals surface area contributed by atoms with Crippen LogP contribution in [-0.2, 0) is 11.3 Å². The summed E-state index contributed by atoms with van der Waals surface area (Å²) >= 11 is 0. The molecule has 0 aliphatic rings. The number of methoxy groups -OCH3 is 1. The molecule has 0 amide bonds. The number of hydrogen-bond acceptors (Lipinski definition) is 5. The Kier molecular flexibility index (Phi) is 5.46. The molecule has 3 aromatic rings. The molecule has 0 atom stereocenters. The van der Waals surface area contributed by atoms with Gasteiger partial charge in [-0.1, -0.05) is 19.8 Å². The molecule has 0 aliphatic heterocycles. The van der Waals surface area contributed by atoms with Gasteiger partial charge in [-0.3, -0.25) is 9.67 Å². The Morgan fingerprint density at radius 3 is 2.92 bits per heavy atom. The molecule has 0 fully saturated rings. The monoisotopic (exact) mass is 356 g/mol. The predicted octanol–water partition coefficient (Wildman–Crippen LogP) is 4.29. The van der Waals surface area contributed by atoms with E-state index in [9.17, 15) is 9.18 Å². The van der Waals surface area contributed by atoms with E-state index in [-0.39, 0.29) is 5.82 Å². The molecular formula is C19H21FN4O2. The van der Waals surface area contributed by atoms with Crippen LogP contribution in [0, 0.1) is 5.82 Å². The van der Waals surface area contributed by atoms with Crippen LogP contribution in [0.2, 0.25) is 0 Å². The van der Waals surface area contributed by atoms with Crippen molar-refractivity contribution in [3.8, 4) is 0 Å². The number of aryl methyl sites for hydroxylation is 1. The average Bonchev–Trinajstić information content (AvgIpc) is 2.98. The number of nitrogens with zero attached hydrogens (tertiary/aromatic N) is 3. The third-order valence-electron chi connectivity index (χ3n) is 4.17. The van der Waals surface area contributed by atoms with Crippen LogP contribution in [0.4, 0.5) is 15.9 Å². The van der Waals surface area contributed by atoms with E-state index >= 15 is 0 Å². The summed E-state index contributed by atoms with van der Waals surface area (Å²) in [6, 6.07) is 6.15. The molecule has 0 bridgehead atoms. The molecule has 2 aromatic heterocycles. The van der Waals surface area contributed by atoms with Gasteiger partial charge in [-0.05, 0) is 30.7 Å². The van der Waals surface area contributed by atoms with Crippen molar-refractivity contribution in [2.45, 2.75) is 32.7 Å². The SMILES string of the molecule is CCCCCn1nc(Nc2cnccc2C(=O)OC)c2cc(F)ccc21. The Balaban J connectivity index is 2.00. The number of unbranched alkanes of at least 4 members (excludes halogenated alkanes) is 2. The Morgan fingerprint density at radius 1 is 1.31 bits per heavy atom. The molecule has 1 N–H and O–H groups in total. The quantitative estimate of drug-likeness (QED) is 0.505. The number of rotatable bonds is 7. The first kappa shape index (κ1) is 17.8. The number of halogens is 1. The number of aromatic nitrogens is 3. The maximum absolute atomic E-state index is 13.8. The second-order valence-corrected chi connectivity index (χ2v) is 5.98. The molecule has 0 unspecified atom stereocenters. The zero-order valence-electron chi connectivity index (χ0n) is 14.8. The van der Waals surface area contributed by atoms with Gasteiger partial charge in [0.25, 0.3) is 0 Å². The number of carbonyl (C=O) groups excluding carboxylic acids is 1. The highest BCUT2D eigenvalue weighted by molar-refractivity contribution is 5.98. The number of hydrogen-bond donors (Lipinski definition) is 1. The highest BCUT2D eigenvalue weighted by Gasteiger charge is 2.16. The number of carbonyl (C=O) groups is 1. The lowest BCUT2D eigenvalue weighted by atomic mass is 10.2. The van der Waals surface area contributed by atoms with Crippen molar-refractivity contribution < 1.29 is 13.9 Å². The summed E-state index contributed by atoms with van der Waals surface area (Å²) in [7, 11) is 1.32. The van der Waals surface area contributed by atoms with Gasteiger partial charge in [0.05, 0.1) is 30.1 Å². The maximum atomic E-state index is 13.8. The maximum Gasteiger partial charge on any atom is 0.340 e. The number of fused-ring (bicyclic) bond motifs is 1. The van der Waals surface area contributed by atoms with Crippen LogP contribution in [-0.4, -0.2) is 27.8 Å². The third-order valence-corrected chi connectivity index (χ3v) is 4.17. The first-order valence-corrected chi connectivity index (χ1v) is 8.59. The number of benzene rings is 1. The van der Waals surface area contributed by atoms with Gasteiger partial charge < -0.3 is 10.1 Å². The Labute approximate surface area is 151 Å². The summed E-state index contributed by atoms with van der Waals surface area (Å²) < 4.78 is 20.4. The van der Waals surface area contributed by atoms with Crippen LogP contribution in [0.25, 0.3) is 10.9 Å². The number of esters is 1. The summed E-state index contributed by atoms with van der Waals surface area (Å²) in [6.07, 6.45) is 6.23. The van der Waals surface area contributed by atoms with Crippen molar-refractivity contribution >= 4 is 28.4 Å². The molecule has 2 heterocycles. The number of pyridine rings is 1. The summed E-state index contributed by atoms with van der Waals surface area (Å²) in [5.74, 6) is -0.338. The van der Waals surface area contributed by atoms with Gasteiger partial charge >= 0.3 is 5.97 Å². The second-order valence-electron chi connectivity index (χ2n) is 5.98. The zero-order valence-corrected chi connectivity index (χ0v) is 14.8. The Bertz CT molecular complexity index is 923. The molecule has 26 heavy (non-hydrogen) atoms. The van der Waals surface area contributed by atoms with E-state index in [1.165, 1.54) is 31.6 Å². The summed E-state index contributed by atoms with van der Waals surface area (Å²) in [5.41, 5.74) is 1.64. The molecule has 0 aliphatic carbocycles. The van der Waals surface area contributed by atoms with E-state index in [0.29, 0.717) is 22.5 Å². The van der Waals surface area contributed by atoms with E-state index in [2.05, 4.69) is 22.3 Å². The van der Waals surface area contributed by atoms with Crippen LogP contribution < -0.4 is 5.32 Å². The lowest BCUT2D eigenvalue weighted by Crippen LogP contribution is -2.07. The van der Waals surface area contributed by atoms with Gasteiger partial charge in [0, 0.05) is 18.1 Å². The fourth-order valence-corrected chi connectivity index (χ4v) is 2.84. The fourth-order valence-electron chi connectivity index (χ4n) is 2.84. The molecular weight excluding hydrogens is 335 g/mol. The molecule has 0 radical (unpaired) electrons. The van der Waals surface area contributed by atoms with Gasteiger partial charge in [0.2, 0.25) is 0 Å². The summed E-state index contributed by atoms with van der Waals surface area (Å²) in [6.45, 7) is 2.88. The van der Waals surface area contributed by atoms with Gasteiger partial charge in [-0.25, -0.2) is 9.18 Å². The average molecular weight is 356 g/mol. The molecule has 1 aromatic carbocycles. The lowest BCUT2D eigenvalue weighted by Gasteiger charge is -2.08. The minimum Gasteiger partial charge on any atom is -0.465 e. The van der Waals surface area contributed by atoms with Crippen molar-refractivity contribution in [2.75, 3.05) is 12.4 Å². The molecule has 136 valence electrons. The largest absolute Gasteiger partial charge is 0.465 e. The summed E-state index contributed by atoms with van der Waals surface area (Å²) in [4.78, 5) is 16.0. The number of anilines is 2. The lowest BCUT2D eigenvalue weighted by molar-refractivity contribution is 0.0602. The van der Waals surface area contributed by atoms with Crippen LogP contribution in [0.15, 0.2) is 36.7 Å². The normalized spacial score (nSPS) is 10.9. The van der Waals surface area contributed by atoms with Crippen LogP contribution in [0.3, 0.4) is 0 Å². The highest BCUT2D eigenvalue weighted by atomic mass is 19.1. The second kappa shape index (κ2) is 7.95. The van der Waals surface area contributed by atoms with Crippen LogP contribution >= 0.6 is 0 Å². The molecule has 0 saturated heterocycles. The van der Waals surface area contributed by atoms with E-state index in [0.717, 1.165) is 31.3 Å². The van der Waals surface area contributed by atoms with Crippen LogP contribution in [0.5, 0.6) is 0 Å². The van der Waals surface area contributed by atoms with Crippen molar-refractivity contribution in [1.29, 1.82) is 0 Å². The van der Waals surface area contributed by atoms with E-state index in [1.807, 2.05) is 4.68 Å². The zero-order chi connectivity index (χ0) is 18.5. The topological polar surface area (TPSA) is 69.0 Å². The predicted molar refractivity (Wildman–Crippen MR) is 98.1 cm³/mol. The highest BCUT2D eigenvalue weighted by Crippen LogP contribution is 2.28. The van der Waals surface area contributed by atoms with Gasteiger partial charge in [0.1, 0.15) is 5.82 Å². The first-order valence-electron chi connectivity index (χ1n) is 8.59. The first-order chi connectivity index (χ1) is 12.6. The Morgan fingerprint density at radius 2 is 2.15 bits per heavy atom. The van der Waals surface area contributed by atoms with Gasteiger partial charge in [-0.2, -0.15) is 5.10 Å². The van der Waals surface area contributed by atoms with E-state index < -0.39 is 5.97 Å². The molecule has 0 saturated carbocycles. The molecule has 7 heteroatoms. The standard InChI is InChI=1S/C19H21FN4O2/c1-3-4-5-10-24-17-7-6-13(20)11-15(17)18(23-24)22-16-12-21-9-8-14(16)19(25)26-2/h6-9,11-12H,3-5,10H2,1-2H3,(H,22,23). The fraction of sp³-hybridized carbons (Fsp3) is 0.316. The van der Waals surface area contributed by atoms with Crippen molar-refractivity contribution in [1.82, 2.24) is 14.8 Å². The number of nitrogens with one attached hydrogen (secondary N) is 1. The molecule has 3 rings (SSSR count). The Hall–Kier alpha value is -2.96. The van der Waals surface area contributed by atoms with Crippen molar-refractivity contribution in [2.24, 2.45) is 0 Å². The van der Waals surface area contributed by atoms with Crippen molar-refractivity contribution in [3.63, 3.8) is 0 Å². The van der Waals surface area contributed by atoms with Crippen LogP contribution in [0.1, 0.15) is 36.5 Å². The molecule has 0 spiro atoms. The molecule has 6 nitrogen and oxygen atoms in total. The van der Waals surface area contributed by atoms with Crippen molar-refractivity contribution in [3.05, 3.63) is 48.0 Å². The minimum atomic E-state index is -0.479. The smallest absolute Gasteiger partial charge is 0.340 e. The number of ether oxygens (including phenoxy) is 1. The van der Waals surface area contributed by atoms with Gasteiger partial charge in [-0.15, -0.1) is 0 Å². The van der Waals surface area contributed by atoms with Gasteiger partial charge in [0.15, 0.2) is 5.82 Å². The van der Waals surface area contributed by atoms with E-state index in [4.69, 9.17) is 4.74 Å². The van der Waals surface area contributed by atoms with E-state index in [1.54, 1.807) is 12.1 Å². The third kappa shape index (κ3) is 3.66.